The Morgan fingerprint density at radius 3 is 1.04 bits per heavy atom. The lowest BCUT2D eigenvalue weighted by atomic mass is 10.3. The summed E-state index contributed by atoms with van der Waals surface area (Å²) in [5, 5.41) is 0. The first-order valence-electron chi connectivity index (χ1n) is 9.12. The Morgan fingerprint density at radius 1 is 0.500 bits per heavy atom. The summed E-state index contributed by atoms with van der Waals surface area (Å²) in [6.07, 6.45) is 1.48. The van der Waals surface area contributed by atoms with E-state index in [4.69, 9.17) is 0 Å². The van der Waals surface area contributed by atoms with E-state index in [-0.39, 0.29) is 11.4 Å². The van der Waals surface area contributed by atoms with Gasteiger partial charge in [-0.1, -0.05) is 24.3 Å². The molecule has 1 aliphatic heterocycles. The lowest BCUT2D eigenvalue weighted by Gasteiger charge is -2.07. The summed E-state index contributed by atoms with van der Waals surface area (Å²) >= 11 is 0. The zero-order valence-electron chi connectivity index (χ0n) is 14.5. The molecule has 4 aromatic rings. The van der Waals surface area contributed by atoms with Crippen LogP contribution in [0.2, 0.25) is 0 Å². The van der Waals surface area contributed by atoms with Crippen LogP contribution in [0.25, 0.3) is 22.1 Å². The highest BCUT2D eigenvalue weighted by Gasteiger charge is 2.16. The molecule has 6 nitrogen and oxygen atoms in total. The van der Waals surface area contributed by atoms with Crippen molar-refractivity contribution in [3.8, 4) is 0 Å². The van der Waals surface area contributed by atoms with Crippen LogP contribution in [0.5, 0.6) is 0 Å². The van der Waals surface area contributed by atoms with Gasteiger partial charge in [0, 0.05) is 26.2 Å². The number of aromatic nitrogens is 4. The Labute approximate surface area is 149 Å². The average Bonchev–Trinajstić information content (AvgIpc) is 3.09. The number of rotatable bonds is 0. The second kappa shape index (κ2) is 5.76. The van der Waals surface area contributed by atoms with E-state index < -0.39 is 0 Å². The predicted octanol–water partition coefficient (Wildman–Crippen LogP) is 2.41. The first-order chi connectivity index (χ1) is 12.8. The summed E-state index contributed by atoms with van der Waals surface area (Å²) in [5.74, 6) is 0. The maximum Gasteiger partial charge on any atom is 0.329 e. The predicted molar refractivity (Wildman–Crippen MR) is 102 cm³/mol. The molecule has 0 unspecified atom stereocenters. The Balaban J connectivity index is 1.66. The van der Waals surface area contributed by atoms with E-state index in [0.29, 0.717) is 26.2 Å². The molecule has 0 amide bonds. The molecular weight excluding hydrogens is 328 g/mol. The van der Waals surface area contributed by atoms with Gasteiger partial charge in [0.1, 0.15) is 0 Å². The number of imidazole rings is 2. The van der Waals surface area contributed by atoms with Crippen molar-refractivity contribution in [1.29, 1.82) is 0 Å². The largest absolute Gasteiger partial charge is 0.329 e. The summed E-state index contributed by atoms with van der Waals surface area (Å²) in [4.78, 5) is 25.8. The van der Waals surface area contributed by atoms with E-state index in [1.807, 2.05) is 66.8 Å². The van der Waals surface area contributed by atoms with Gasteiger partial charge in [-0.2, -0.15) is 0 Å². The van der Waals surface area contributed by atoms with Gasteiger partial charge in [-0.15, -0.1) is 0 Å². The SMILES string of the molecule is O=c1n2c3ccccc3n1CCCn1c(=O)n(c3ccccc31)CCC2. The fourth-order valence-corrected chi connectivity index (χ4v) is 4.18. The third-order valence-corrected chi connectivity index (χ3v) is 5.38. The van der Waals surface area contributed by atoms with Gasteiger partial charge >= 0.3 is 11.4 Å². The van der Waals surface area contributed by atoms with Crippen LogP contribution in [0.1, 0.15) is 12.8 Å². The van der Waals surface area contributed by atoms with Crippen LogP contribution < -0.4 is 11.4 Å². The van der Waals surface area contributed by atoms with Crippen molar-refractivity contribution in [3.05, 3.63) is 69.5 Å². The van der Waals surface area contributed by atoms with Gasteiger partial charge in [0.15, 0.2) is 0 Å². The molecule has 1 aliphatic rings. The fraction of sp³-hybridized carbons (Fsp3) is 0.300. The standard InChI is InChI=1S/C20H20N4O2/c25-19-21-11-5-13-23-17-9-3-4-10-18(17)24(20(23)26)14-6-12-22(19)16-8-2-1-7-15(16)21/h1-4,7-10H,5-6,11-14H2. The molecular formula is C20H20N4O2. The van der Waals surface area contributed by atoms with Gasteiger partial charge in [-0.25, -0.2) is 9.59 Å². The highest BCUT2D eigenvalue weighted by Crippen LogP contribution is 2.17. The number of benzene rings is 2. The molecule has 26 heavy (non-hydrogen) atoms. The fourth-order valence-electron chi connectivity index (χ4n) is 4.18. The van der Waals surface area contributed by atoms with Crippen molar-refractivity contribution in [3.63, 3.8) is 0 Å². The number of hydrogen-bond donors (Lipinski definition) is 0. The van der Waals surface area contributed by atoms with E-state index in [1.54, 1.807) is 0 Å². The van der Waals surface area contributed by atoms with Crippen molar-refractivity contribution < 1.29 is 0 Å². The molecule has 3 heterocycles. The van der Waals surface area contributed by atoms with E-state index in [0.717, 1.165) is 34.9 Å². The Kier molecular flexibility index (Phi) is 3.38. The molecule has 0 radical (unpaired) electrons. The number of hydrogen-bond acceptors (Lipinski definition) is 2. The van der Waals surface area contributed by atoms with Crippen LogP contribution in [0.4, 0.5) is 0 Å². The van der Waals surface area contributed by atoms with Gasteiger partial charge in [-0.05, 0) is 37.1 Å². The van der Waals surface area contributed by atoms with Gasteiger partial charge < -0.3 is 0 Å². The van der Waals surface area contributed by atoms with Crippen molar-refractivity contribution >= 4 is 22.1 Å². The van der Waals surface area contributed by atoms with Crippen LogP contribution in [0, 0.1) is 0 Å². The molecule has 2 aromatic carbocycles. The lowest BCUT2D eigenvalue weighted by molar-refractivity contribution is 0.499. The van der Waals surface area contributed by atoms with E-state index >= 15 is 0 Å². The minimum atomic E-state index is 0.0490. The molecule has 2 aromatic heterocycles. The average molecular weight is 348 g/mol. The Hall–Kier alpha value is -3.02. The zero-order valence-corrected chi connectivity index (χ0v) is 14.5. The van der Waals surface area contributed by atoms with Crippen molar-refractivity contribution in [2.24, 2.45) is 0 Å². The topological polar surface area (TPSA) is 53.9 Å². The van der Waals surface area contributed by atoms with E-state index in [1.165, 1.54) is 0 Å². The van der Waals surface area contributed by atoms with Crippen LogP contribution in [0.15, 0.2) is 58.1 Å². The summed E-state index contributed by atoms with van der Waals surface area (Å²) in [6.45, 7) is 2.44. The molecule has 0 saturated carbocycles. The minimum absolute atomic E-state index is 0.0490. The monoisotopic (exact) mass is 348 g/mol. The van der Waals surface area contributed by atoms with Gasteiger partial charge in [0.25, 0.3) is 0 Å². The van der Waals surface area contributed by atoms with Crippen LogP contribution in [-0.4, -0.2) is 18.3 Å². The number of nitrogens with zero attached hydrogens (tertiary/aromatic N) is 4. The molecule has 0 saturated heterocycles. The quantitative estimate of drug-likeness (QED) is 0.490. The van der Waals surface area contributed by atoms with Crippen molar-refractivity contribution in [2.45, 2.75) is 39.0 Å². The molecule has 0 aliphatic carbocycles. The second-order valence-electron chi connectivity index (χ2n) is 6.86. The maximum absolute atomic E-state index is 12.9. The van der Waals surface area contributed by atoms with Crippen LogP contribution >= 0.6 is 0 Å². The summed E-state index contributed by atoms with van der Waals surface area (Å²) in [6, 6.07) is 15.9. The van der Waals surface area contributed by atoms with E-state index in [9.17, 15) is 9.59 Å². The number of aryl methyl sites for hydroxylation is 4. The maximum atomic E-state index is 12.9. The minimum Gasteiger partial charge on any atom is -0.292 e. The molecule has 0 atom stereocenters. The zero-order chi connectivity index (χ0) is 17.7. The molecule has 132 valence electrons. The molecule has 4 bridgehead atoms. The van der Waals surface area contributed by atoms with Gasteiger partial charge in [0.2, 0.25) is 0 Å². The highest BCUT2D eigenvalue weighted by molar-refractivity contribution is 5.76. The van der Waals surface area contributed by atoms with Crippen molar-refractivity contribution in [2.75, 3.05) is 0 Å². The summed E-state index contributed by atoms with van der Waals surface area (Å²) in [7, 11) is 0. The van der Waals surface area contributed by atoms with E-state index in [2.05, 4.69) is 0 Å². The normalized spacial score (nSPS) is 15.1. The Bertz CT molecular complexity index is 1050. The number of para-hydroxylation sites is 4. The van der Waals surface area contributed by atoms with Crippen LogP contribution in [0.3, 0.4) is 0 Å². The Morgan fingerprint density at radius 2 is 0.769 bits per heavy atom. The van der Waals surface area contributed by atoms with Crippen molar-refractivity contribution in [1.82, 2.24) is 18.3 Å². The summed E-state index contributed by atoms with van der Waals surface area (Å²) < 4.78 is 7.39. The first-order valence-corrected chi connectivity index (χ1v) is 9.12. The smallest absolute Gasteiger partial charge is 0.292 e. The molecule has 0 N–H and O–H groups in total. The van der Waals surface area contributed by atoms with Crippen LogP contribution in [-0.2, 0) is 26.2 Å². The third-order valence-electron chi connectivity index (χ3n) is 5.38. The van der Waals surface area contributed by atoms with Gasteiger partial charge in [0.05, 0.1) is 22.1 Å². The first kappa shape index (κ1) is 15.3. The second-order valence-corrected chi connectivity index (χ2v) is 6.86. The molecule has 0 spiro atoms. The molecule has 0 fully saturated rings. The molecule has 5 rings (SSSR count). The molecule has 6 heteroatoms. The summed E-state index contributed by atoms with van der Waals surface area (Å²) in [5.41, 5.74) is 4.00. The lowest BCUT2D eigenvalue weighted by Crippen LogP contribution is -2.29. The third kappa shape index (κ3) is 2.11. The number of fused-ring (bicyclic) bond motifs is 10. The van der Waals surface area contributed by atoms with Gasteiger partial charge in [-0.3, -0.25) is 18.3 Å². The highest BCUT2D eigenvalue weighted by atomic mass is 16.2.